The number of ether oxygens (including phenoxy) is 1. The second-order valence-corrected chi connectivity index (χ2v) is 7.03. The number of hydrogen-bond acceptors (Lipinski definition) is 5. The molecule has 1 unspecified atom stereocenters. The minimum Gasteiger partial charge on any atom is -0.466 e. The van der Waals surface area contributed by atoms with Crippen LogP contribution in [0.15, 0.2) is 27.8 Å². The molecule has 0 saturated carbocycles. The van der Waals surface area contributed by atoms with Crippen molar-refractivity contribution in [2.45, 2.75) is 37.8 Å². The van der Waals surface area contributed by atoms with Gasteiger partial charge in [0.15, 0.2) is 5.96 Å². The molecule has 142 valence electrons. The van der Waals surface area contributed by atoms with E-state index in [1.807, 2.05) is 6.92 Å². The lowest BCUT2D eigenvalue weighted by Crippen LogP contribution is -2.57. The summed E-state index contributed by atoms with van der Waals surface area (Å²) in [4.78, 5) is 6.82. The monoisotopic (exact) mass is 352 g/mol. The van der Waals surface area contributed by atoms with Gasteiger partial charge in [-0.1, -0.05) is 0 Å². The lowest BCUT2D eigenvalue weighted by molar-refractivity contribution is -0.00504. The van der Waals surface area contributed by atoms with Crippen LogP contribution in [0.4, 0.5) is 0 Å². The third-order valence-electron chi connectivity index (χ3n) is 4.90. The molecule has 25 heavy (non-hydrogen) atoms. The quantitative estimate of drug-likeness (QED) is 0.504. The van der Waals surface area contributed by atoms with E-state index in [2.05, 4.69) is 34.6 Å². The van der Waals surface area contributed by atoms with Gasteiger partial charge >= 0.3 is 0 Å². The summed E-state index contributed by atoms with van der Waals surface area (Å²) in [7, 11) is 4.22. The van der Waals surface area contributed by atoms with Gasteiger partial charge in [0.2, 0.25) is 0 Å². The fraction of sp³-hybridized carbons (Fsp3) is 0.722. The van der Waals surface area contributed by atoms with Gasteiger partial charge in [0.1, 0.15) is 11.4 Å². The van der Waals surface area contributed by atoms with Crippen molar-refractivity contribution in [1.82, 2.24) is 15.5 Å². The van der Waals surface area contributed by atoms with E-state index in [1.54, 1.807) is 25.3 Å². The summed E-state index contributed by atoms with van der Waals surface area (Å²) in [6, 6.07) is 3.53. The maximum Gasteiger partial charge on any atom is 0.191 e. The Kier molecular flexibility index (Phi) is 6.87. The van der Waals surface area contributed by atoms with E-state index in [1.165, 1.54) is 0 Å². The molecule has 0 aliphatic carbocycles. The molecule has 2 rings (SSSR count). The summed E-state index contributed by atoms with van der Waals surface area (Å²) in [5, 5.41) is 17.2. The van der Waals surface area contributed by atoms with E-state index in [-0.39, 0.29) is 12.1 Å². The highest BCUT2D eigenvalue weighted by Gasteiger charge is 2.35. The Bertz CT molecular complexity index is 535. The number of rotatable bonds is 7. The zero-order valence-electron chi connectivity index (χ0n) is 15.8. The van der Waals surface area contributed by atoms with Crippen molar-refractivity contribution in [3.8, 4) is 0 Å². The lowest BCUT2D eigenvalue weighted by atomic mass is 9.88. The summed E-state index contributed by atoms with van der Waals surface area (Å²) in [6.07, 6.45) is 3.52. The Hall–Kier alpha value is -1.57. The molecule has 1 aromatic rings. The number of aliphatic imine (C=N–C) groups is 1. The second kappa shape index (κ2) is 8.69. The van der Waals surface area contributed by atoms with Crippen molar-refractivity contribution in [2.75, 3.05) is 46.9 Å². The van der Waals surface area contributed by atoms with Crippen LogP contribution >= 0.6 is 0 Å². The second-order valence-electron chi connectivity index (χ2n) is 7.03. The molecule has 0 spiro atoms. The first-order chi connectivity index (χ1) is 11.9. The Balaban J connectivity index is 2.02. The van der Waals surface area contributed by atoms with Crippen LogP contribution < -0.4 is 10.6 Å². The maximum atomic E-state index is 10.6. The van der Waals surface area contributed by atoms with E-state index in [9.17, 15) is 5.11 Å². The molecule has 0 amide bonds. The first-order valence-corrected chi connectivity index (χ1v) is 8.93. The van der Waals surface area contributed by atoms with E-state index < -0.39 is 5.60 Å². The van der Waals surface area contributed by atoms with Crippen molar-refractivity contribution in [1.29, 1.82) is 0 Å². The minimum absolute atomic E-state index is 0.0535. The van der Waals surface area contributed by atoms with Crippen LogP contribution in [-0.2, 0) is 10.3 Å². The molecule has 1 aliphatic rings. The van der Waals surface area contributed by atoms with E-state index in [4.69, 9.17) is 9.15 Å². The van der Waals surface area contributed by atoms with Crippen molar-refractivity contribution >= 4 is 5.96 Å². The fourth-order valence-electron chi connectivity index (χ4n) is 3.02. The largest absolute Gasteiger partial charge is 0.466 e. The molecule has 7 heteroatoms. The minimum atomic E-state index is -1.14. The first kappa shape index (κ1) is 19.8. The third kappa shape index (κ3) is 5.20. The molecular weight excluding hydrogens is 320 g/mol. The van der Waals surface area contributed by atoms with E-state index in [0.29, 0.717) is 11.7 Å². The highest BCUT2D eigenvalue weighted by atomic mass is 16.5. The zero-order valence-corrected chi connectivity index (χ0v) is 15.8. The fourth-order valence-corrected chi connectivity index (χ4v) is 3.02. The van der Waals surface area contributed by atoms with Crippen LogP contribution in [0, 0.1) is 0 Å². The van der Waals surface area contributed by atoms with Gasteiger partial charge in [-0.25, -0.2) is 4.99 Å². The molecule has 1 atom stereocenters. The van der Waals surface area contributed by atoms with Gasteiger partial charge in [-0.3, -0.25) is 0 Å². The van der Waals surface area contributed by atoms with Gasteiger partial charge < -0.3 is 29.8 Å². The Labute approximate surface area is 150 Å². The zero-order chi connectivity index (χ0) is 18.3. The number of hydrogen-bond donors (Lipinski definition) is 3. The van der Waals surface area contributed by atoms with Crippen molar-refractivity contribution in [3.05, 3.63) is 24.2 Å². The molecular formula is C18H32N4O3. The van der Waals surface area contributed by atoms with Crippen LogP contribution in [0.2, 0.25) is 0 Å². The average Bonchev–Trinajstić information content (AvgIpc) is 3.14. The van der Waals surface area contributed by atoms with Crippen LogP contribution in [0.1, 0.15) is 32.4 Å². The van der Waals surface area contributed by atoms with Gasteiger partial charge in [0.05, 0.1) is 12.8 Å². The summed E-state index contributed by atoms with van der Waals surface area (Å²) in [5.74, 6) is 1.21. The molecule has 0 aromatic carbocycles. The van der Waals surface area contributed by atoms with Crippen LogP contribution in [0.5, 0.6) is 0 Å². The molecule has 1 saturated heterocycles. The number of nitrogens with one attached hydrogen (secondary N) is 2. The molecule has 0 bridgehead atoms. The van der Waals surface area contributed by atoms with Crippen molar-refractivity contribution in [2.24, 2.45) is 4.99 Å². The van der Waals surface area contributed by atoms with E-state index >= 15 is 0 Å². The molecule has 0 radical (unpaired) electrons. The number of aliphatic hydroxyl groups is 1. The van der Waals surface area contributed by atoms with Gasteiger partial charge in [0.25, 0.3) is 0 Å². The molecule has 1 fully saturated rings. The normalized spacial score (nSPS) is 20.3. The smallest absolute Gasteiger partial charge is 0.191 e. The number of furan rings is 1. The topological polar surface area (TPSA) is 82.3 Å². The molecule has 7 nitrogen and oxygen atoms in total. The van der Waals surface area contributed by atoms with Gasteiger partial charge in [-0.05, 0) is 52.9 Å². The Morgan fingerprint density at radius 2 is 2.08 bits per heavy atom. The van der Waals surface area contributed by atoms with Gasteiger partial charge in [-0.2, -0.15) is 0 Å². The summed E-state index contributed by atoms with van der Waals surface area (Å²) >= 11 is 0. The first-order valence-electron chi connectivity index (χ1n) is 8.93. The predicted octanol–water partition coefficient (Wildman–Crippen LogP) is 1.15. The maximum absolute atomic E-state index is 10.6. The summed E-state index contributed by atoms with van der Waals surface area (Å²) in [5.41, 5.74) is -1.08. The average molecular weight is 352 g/mol. The predicted molar refractivity (Wildman–Crippen MR) is 98.7 cm³/mol. The highest BCUT2D eigenvalue weighted by Crippen LogP contribution is 2.25. The van der Waals surface area contributed by atoms with Crippen molar-refractivity contribution in [3.63, 3.8) is 0 Å². The van der Waals surface area contributed by atoms with E-state index in [0.717, 1.165) is 39.1 Å². The van der Waals surface area contributed by atoms with Crippen LogP contribution in [-0.4, -0.2) is 68.4 Å². The molecule has 1 aromatic heterocycles. The molecule has 2 heterocycles. The standard InChI is InChI=1S/C18H32N4O3/c1-5-19-16(20-13-17(2,23)15-7-6-10-25-15)21-14-18(22(3)4)8-11-24-12-9-18/h6-7,10,23H,5,8-9,11-14H2,1-4H3,(H2,19,20,21). The van der Waals surface area contributed by atoms with Gasteiger partial charge in [-0.15, -0.1) is 0 Å². The lowest BCUT2D eigenvalue weighted by Gasteiger charge is -2.43. The van der Waals surface area contributed by atoms with Gasteiger partial charge in [0, 0.05) is 31.8 Å². The van der Waals surface area contributed by atoms with Crippen molar-refractivity contribution < 1.29 is 14.3 Å². The molecule has 3 N–H and O–H groups in total. The van der Waals surface area contributed by atoms with Crippen LogP contribution in [0.25, 0.3) is 0 Å². The summed E-state index contributed by atoms with van der Waals surface area (Å²) in [6.45, 7) is 7.04. The third-order valence-corrected chi connectivity index (χ3v) is 4.90. The number of guanidine groups is 1. The van der Waals surface area contributed by atoms with Crippen LogP contribution in [0.3, 0.4) is 0 Å². The Morgan fingerprint density at radius 3 is 2.64 bits per heavy atom. The number of likely N-dealkylation sites (N-methyl/N-ethyl adjacent to an activating group) is 1. The SMILES string of the molecule is CCNC(=NCC(C)(O)c1ccco1)NCC1(N(C)C)CCOCC1. The number of nitrogens with zero attached hydrogens (tertiary/aromatic N) is 2. The Morgan fingerprint density at radius 1 is 1.36 bits per heavy atom. The highest BCUT2D eigenvalue weighted by molar-refractivity contribution is 5.79. The summed E-state index contributed by atoms with van der Waals surface area (Å²) < 4.78 is 10.8. The molecule has 1 aliphatic heterocycles.